The van der Waals surface area contributed by atoms with Crippen molar-refractivity contribution in [2.45, 2.75) is 45.6 Å². The molecule has 2 atom stereocenters. The summed E-state index contributed by atoms with van der Waals surface area (Å²) in [5.74, 6) is 1.54. The lowest BCUT2D eigenvalue weighted by Gasteiger charge is -2.35. The molecule has 1 amide bonds. The lowest BCUT2D eigenvalue weighted by atomic mass is 9.99. The number of carbonyl (C=O) groups is 1. The number of hydrogen-bond acceptors (Lipinski definition) is 4. The zero-order valence-corrected chi connectivity index (χ0v) is 15.6. The summed E-state index contributed by atoms with van der Waals surface area (Å²) in [6.07, 6.45) is 5.72. The molecule has 2 aliphatic rings. The van der Waals surface area contributed by atoms with Crippen LogP contribution in [0.25, 0.3) is 0 Å². The number of aryl methyl sites for hydroxylation is 1. The summed E-state index contributed by atoms with van der Waals surface area (Å²) in [5, 5.41) is 8.34. The van der Waals surface area contributed by atoms with E-state index >= 15 is 0 Å². The van der Waals surface area contributed by atoms with Gasteiger partial charge in [0.15, 0.2) is 5.82 Å². The van der Waals surface area contributed by atoms with Crippen LogP contribution >= 0.6 is 0 Å². The molecule has 2 aliphatic heterocycles. The second kappa shape index (κ2) is 7.06. The van der Waals surface area contributed by atoms with Gasteiger partial charge in [-0.1, -0.05) is 26.0 Å². The Labute approximate surface area is 155 Å². The summed E-state index contributed by atoms with van der Waals surface area (Å²) in [4.78, 5) is 17.5. The van der Waals surface area contributed by atoms with Gasteiger partial charge in [0, 0.05) is 31.4 Å². The number of hydrogen-bond donors (Lipinski definition) is 0. The number of rotatable bonds is 3. The Morgan fingerprint density at radius 3 is 2.92 bits per heavy atom. The molecule has 136 valence electrons. The molecule has 0 bridgehead atoms. The van der Waals surface area contributed by atoms with Gasteiger partial charge in [-0.05, 0) is 54.5 Å². The molecule has 5 nitrogen and oxygen atoms in total. The molecule has 0 aliphatic carbocycles. The van der Waals surface area contributed by atoms with Crippen LogP contribution in [-0.2, 0) is 17.6 Å². The molecule has 0 N–H and O–H groups in total. The van der Waals surface area contributed by atoms with E-state index in [9.17, 15) is 4.79 Å². The monoisotopic (exact) mass is 350 g/mol. The van der Waals surface area contributed by atoms with Crippen LogP contribution in [-0.4, -0.2) is 40.1 Å². The fourth-order valence-corrected chi connectivity index (χ4v) is 4.23. The standard InChI is InChI=1S/C21H26N4O/c1-3-16-8-9-18-17(12-16)13-19(25(18)20-7-4-10-22-23-20)21(26)24-11-5-6-15(2)14-24/h4,7-10,12,15,19H,3,5-6,11,13-14H2,1-2H3/t15-,19-/m0/s1. The van der Waals surface area contributed by atoms with Crippen LogP contribution in [0.4, 0.5) is 11.5 Å². The van der Waals surface area contributed by atoms with Crippen LogP contribution in [0.1, 0.15) is 37.8 Å². The number of anilines is 2. The van der Waals surface area contributed by atoms with Crippen molar-refractivity contribution in [2.75, 3.05) is 18.0 Å². The molecule has 1 fully saturated rings. The van der Waals surface area contributed by atoms with Gasteiger partial charge in [0.2, 0.25) is 5.91 Å². The van der Waals surface area contributed by atoms with Crippen molar-refractivity contribution in [3.8, 4) is 0 Å². The molecule has 1 aromatic carbocycles. The Morgan fingerprint density at radius 2 is 2.19 bits per heavy atom. The van der Waals surface area contributed by atoms with Crippen molar-refractivity contribution in [2.24, 2.45) is 5.92 Å². The number of piperidine rings is 1. The third-order valence-corrected chi connectivity index (χ3v) is 5.60. The van der Waals surface area contributed by atoms with Gasteiger partial charge in [-0.2, -0.15) is 5.10 Å². The first kappa shape index (κ1) is 17.0. The van der Waals surface area contributed by atoms with Crippen LogP contribution in [0.2, 0.25) is 0 Å². The van der Waals surface area contributed by atoms with Crippen molar-refractivity contribution in [3.05, 3.63) is 47.7 Å². The molecule has 0 radical (unpaired) electrons. The Balaban J connectivity index is 1.70. The maximum Gasteiger partial charge on any atom is 0.246 e. The van der Waals surface area contributed by atoms with Gasteiger partial charge in [-0.25, -0.2) is 0 Å². The fraction of sp³-hybridized carbons (Fsp3) is 0.476. The molecule has 0 spiro atoms. The minimum Gasteiger partial charge on any atom is -0.341 e. The third kappa shape index (κ3) is 3.06. The van der Waals surface area contributed by atoms with Gasteiger partial charge in [-0.15, -0.1) is 5.10 Å². The predicted octanol–water partition coefficient (Wildman–Crippen LogP) is 3.36. The molecule has 3 heterocycles. The molecule has 1 saturated heterocycles. The third-order valence-electron chi connectivity index (χ3n) is 5.60. The molecule has 5 heteroatoms. The molecular formula is C21H26N4O. The summed E-state index contributed by atoms with van der Waals surface area (Å²) >= 11 is 0. The first-order valence-electron chi connectivity index (χ1n) is 9.65. The smallest absolute Gasteiger partial charge is 0.246 e. The van der Waals surface area contributed by atoms with E-state index in [0.29, 0.717) is 5.92 Å². The number of fused-ring (bicyclic) bond motifs is 1. The van der Waals surface area contributed by atoms with Crippen LogP contribution < -0.4 is 4.90 Å². The number of nitrogens with zero attached hydrogens (tertiary/aromatic N) is 4. The zero-order chi connectivity index (χ0) is 18.1. The number of carbonyl (C=O) groups excluding carboxylic acids is 1. The normalized spacial score (nSPS) is 22.4. The van der Waals surface area contributed by atoms with Gasteiger partial charge < -0.3 is 9.80 Å². The van der Waals surface area contributed by atoms with Gasteiger partial charge in [-0.3, -0.25) is 4.79 Å². The van der Waals surface area contributed by atoms with Crippen molar-refractivity contribution in [1.29, 1.82) is 0 Å². The van der Waals surface area contributed by atoms with Gasteiger partial charge >= 0.3 is 0 Å². The highest BCUT2D eigenvalue weighted by Gasteiger charge is 2.39. The van der Waals surface area contributed by atoms with E-state index in [-0.39, 0.29) is 11.9 Å². The quantitative estimate of drug-likeness (QED) is 0.852. The van der Waals surface area contributed by atoms with Gasteiger partial charge in [0.1, 0.15) is 6.04 Å². The minimum atomic E-state index is -0.223. The van der Waals surface area contributed by atoms with E-state index in [4.69, 9.17) is 0 Å². The summed E-state index contributed by atoms with van der Waals surface area (Å²) < 4.78 is 0. The maximum absolute atomic E-state index is 13.4. The average molecular weight is 350 g/mol. The van der Waals surface area contributed by atoms with E-state index in [0.717, 1.165) is 43.9 Å². The fourth-order valence-electron chi connectivity index (χ4n) is 4.23. The first-order valence-corrected chi connectivity index (χ1v) is 9.65. The molecule has 4 rings (SSSR count). The molecular weight excluding hydrogens is 324 g/mol. The predicted molar refractivity (Wildman–Crippen MR) is 102 cm³/mol. The van der Waals surface area contributed by atoms with E-state index in [1.807, 2.05) is 12.1 Å². The zero-order valence-electron chi connectivity index (χ0n) is 15.6. The number of aromatic nitrogens is 2. The van der Waals surface area contributed by atoms with E-state index in [1.165, 1.54) is 17.5 Å². The maximum atomic E-state index is 13.4. The Kier molecular flexibility index (Phi) is 4.62. The van der Waals surface area contributed by atoms with Crippen LogP contribution in [0, 0.1) is 5.92 Å². The van der Waals surface area contributed by atoms with E-state index in [2.05, 4.69) is 52.0 Å². The topological polar surface area (TPSA) is 49.3 Å². The molecule has 0 unspecified atom stereocenters. The minimum absolute atomic E-state index is 0.219. The van der Waals surface area contributed by atoms with Gasteiger partial charge in [0.05, 0.1) is 0 Å². The summed E-state index contributed by atoms with van der Waals surface area (Å²) in [5.41, 5.74) is 3.63. The number of likely N-dealkylation sites (tertiary alicyclic amines) is 1. The largest absolute Gasteiger partial charge is 0.341 e. The molecule has 26 heavy (non-hydrogen) atoms. The molecule has 0 saturated carbocycles. The Morgan fingerprint density at radius 1 is 1.31 bits per heavy atom. The molecule has 1 aromatic heterocycles. The summed E-state index contributed by atoms with van der Waals surface area (Å²) in [6, 6.07) is 10.1. The van der Waals surface area contributed by atoms with Crippen molar-refractivity contribution in [1.82, 2.24) is 15.1 Å². The number of amides is 1. The second-order valence-electron chi connectivity index (χ2n) is 7.52. The van der Waals surface area contributed by atoms with E-state index < -0.39 is 0 Å². The van der Waals surface area contributed by atoms with Crippen LogP contribution in [0.15, 0.2) is 36.5 Å². The van der Waals surface area contributed by atoms with Crippen LogP contribution in [0.3, 0.4) is 0 Å². The highest BCUT2D eigenvalue weighted by atomic mass is 16.2. The van der Waals surface area contributed by atoms with Crippen molar-refractivity contribution < 1.29 is 4.79 Å². The SMILES string of the molecule is CCc1ccc2c(c1)C[C@@H](C(=O)N1CCC[C@H](C)C1)N2c1cccnn1. The van der Waals surface area contributed by atoms with Gasteiger partial charge in [0.25, 0.3) is 0 Å². The summed E-state index contributed by atoms with van der Waals surface area (Å²) in [6.45, 7) is 6.12. The summed E-state index contributed by atoms with van der Waals surface area (Å²) in [7, 11) is 0. The highest BCUT2D eigenvalue weighted by Crippen LogP contribution is 2.38. The average Bonchev–Trinajstić information content (AvgIpc) is 3.06. The number of benzene rings is 1. The lowest BCUT2D eigenvalue weighted by Crippen LogP contribution is -2.49. The first-order chi connectivity index (χ1) is 12.7. The molecule has 2 aromatic rings. The van der Waals surface area contributed by atoms with Crippen molar-refractivity contribution >= 4 is 17.4 Å². The van der Waals surface area contributed by atoms with Crippen molar-refractivity contribution in [3.63, 3.8) is 0 Å². The van der Waals surface area contributed by atoms with Crippen LogP contribution in [0.5, 0.6) is 0 Å². The second-order valence-corrected chi connectivity index (χ2v) is 7.52. The van der Waals surface area contributed by atoms with E-state index in [1.54, 1.807) is 6.20 Å². The highest BCUT2D eigenvalue weighted by molar-refractivity contribution is 5.91. The Bertz CT molecular complexity index is 792. The lowest BCUT2D eigenvalue weighted by molar-refractivity contribution is -0.134. The Hall–Kier alpha value is -2.43.